The van der Waals surface area contributed by atoms with E-state index in [1.807, 2.05) is 0 Å². The standard InChI is InChI=1S/C15H20FNO2/c16-13-7-5-11(6-8-13)14(18)9-10-17-15(19)12-3-1-2-4-12/h5-8,12,14,18H,1-4,9-10H2,(H,17,19). The quantitative estimate of drug-likeness (QED) is 0.859. The Morgan fingerprint density at radius 3 is 2.58 bits per heavy atom. The lowest BCUT2D eigenvalue weighted by Gasteiger charge is -2.13. The van der Waals surface area contributed by atoms with Crippen LogP contribution >= 0.6 is 0 Å². The smallest absolute Gasteiger partial charge is 0.223 e. The van der Waals surface area contributed by atoms with E-state index in [1.165, 1.54) is 12.1 Å². The van der Waals surface area contributed by atoms with Gasteiger partial charge in [-0.1, -0.05) is 25.0 Å². The molecule has 0 aliphatic heterocycles. The molecule has 2 rings (SSSR count). The molecule has 0 saturated heterocycles. The zero-order valence-corrected chi connectivity index (χ0v) is 10.9. The van der Waals surface area contributed by atoms with Gasteiger partial charge in [-0.3, -0.25) is 4.79 Å². The number of nitrogens with one attached hydrogen (secondary N) is 1. The molecule has 1 fully saturated rings. The number of hydrogen-bond donors (Lipinski definition) is 2. The normalized spacial score (nSPS) is 17.4. The molecule has 0 heterocycles. The van der Waals surface area contributed by atoms with Crippen molar-refractivity contribution in [3.05, 3.63) is 35.6 Å². The van der Waals surface area contributed by atoms with Gasteiger partial charge >= 0.3 is 0 Å². The predicted octanol–water partition coefficient (Wildman–Crippen LogP) is 2.56. The van der Waals surface area contributed by atoms with Crippen LogP contribution in [-0.2, 0) is 4.79 Å². The molecule has 0 radical (unpaired) electrons. The summed E-state index contributed by atoms with van der Waals surface area (Å²) in [6, 6.07) is 5.79. The molecule has 1 aromatic rings. The summed E-state index contributed by atoms with van der Waals surface area (Å²) in [5.74, 6) is -0.0581. The van der Waals surface area contributed by atoms with Crippen molar-refractivity contribution in [3.8, 4) is 0 Å². The molecule has 4 heteroatoms. The molecule has 1 atom stereocenters. The van der Waals surface area contributed by atoms with Crippen molar-refractivity contribution in [1.82, 2.24) is 5.32 Å². The molecule has 3 nitrogen and oxygen atoms in total. The van der Waals surface area contributed by atoms with Gasteiger partial charge in [0.1, 0.15) is 5.82 Å². The largest absolute Gasteiger partial charge is 0.388 e. The molecular weight excluding hydrogens is 245 g/mol. The van der Waals surface area contributed by atoms with Crippen LogP contribution < -0.4 is 5.32 Å². The average Bonchev–Trinajstić information content (AvgIpc) is 2.93. The molecule has 1 aliphatic rings. The Labute approximate surface area is 112 Å². The summed E-state index contributed by atoms with van der Waals surface area (Å²) >= 11 is 0. The summed E-state index contributed by atoms with van der Waals surface area (Å²) in [5, 5.41) is 12.8. The molecule has 1 aromatic carbocycles. The lowest BCUT2D eigenvalue weighted by atomic mass is 10.1. The number of aliphatic hydroxyl groups excluding tert-OH is 1. The van der Waals surface area contributed by atoms with Crippen molar-refractivity contribution < 1.29 is 14.3 Å². The Morgan fingerprint density at radius 1 is 1.32 bits per heavy atom. The number of amides is 1. The monoisotopic (exact) mass is 265 g/mol. The van der Waals surface area contributed by atoms with Crippen LogP contribution in [0.2, 0.25) is 0 Å². The zero-order chi connectivity index (χ0) is 13.7. The van der Waals surface area contributed by atoms with E-state index in [9.17, 15) is 14.3 Å². The molecule has 0 bridgehead atoms. The third-order valence-corrected chi connectivity index (χ3v) is 3.70. The molecule has 1 saturated carbocycles. The van der Waals surface area contributed by atoms with E-state index < -0.39 is 6.10 Å². The van der Waals surface area contributed by atoms with E-state index in [4.69, 9.17) is 0 Å². The van der Waals surface area contributed by atoms with Crippen LogP contribution in [0.15, 0.2) is 24.3 Å². The van der Waals surface area contributed by atoms with Gasteiger partial charge in [0.2, 0.25) is 5.91 Å². The van der Waals surface area contributed by atoms with Crippen LogP contribution in [0.3, 0.4) is 0 Å². The maximum absolute atomic E-state index is 12.7. The summed E-state index contributed by atoms with van der Waals surface area (Å²) in [7, 11) is 0. The Bertz CT molecular complexity index is 413. The van der Waals surface area contributed by atoms with Crippen LogP contribution in [0.25, 0.3) is 0 Å². The number of benzene rings is 1. The predicted molar refractivity (Wildman–Crippen MR) is 70.9 cm³/mol. The third kappa shape index (κ3) is 4.03. The van der Waals surface area contributed by atoms with Crippen LogP contribution in [0.4, 0.5) is 4.39 Å². The number of carbonyl (C=O) groups excluding carboxylic acids is 1. The van der Waals surface area contributed by atoms with Crippen molar-refractivity contribution in [2.24, 2.45) is 5.92 Å². The Morgan fingerprint density at radius 2 is 1.95 bits per heavy atom. The van der Waals surface area contributed by atoms with Gasteiger partial charge in [-0.05, 0) is 37.0 Å². The molecule has 1 unspecified atom stereocenters. The van der Waals surface area contributed by atoms with Crippen molar-refractivity contribution >= 4 is 5.91 Å². The molecule has 19 heavy (non-hydrogen) atoms. The van der Waals surface area contributed by atoms with Gasteiger partial charge in [-0.15, -0.1) is 0 Å². The lowest BCUT2D eigenvalue weighted by Crippen LogP contribution is -2.30. The van der Waals surface area contributed by atoms with Crippen molar-refractivity contribution in [2.45, 2.75) is 38.2 Å². The molecule has 104 valence electrons. The summed E-state index contributed by atoms with van der Waals surface area (Å²) in [6.07, 6.45) is 4.01. The highest BCUT2D eigenvalue weighted by molar-refractivity contribution is 5.78. The minimum Gasteiger partial charge on any atom is -0.388 e. The van der Waals surface area contributed by atoms with E-state index in [1.54, 1.807) is 12.1 Å². The topological polar surface area (TPSA) is 49.3 Å². The van der Waals surface area contributed by atoms with Gasteiger partial charge < -0.3 is 10.4 Å². The molecule has 2 N–H and O–H groups in total. The fraction of sp³-hybridized carbons (Fsp3) is 0.533. The summed E-state index contributed by atoms with van der Waals surface area (Å²) in [4.78, 5) is 11.8. The first-order chi connectivity index (χ1) is 9.16. The van der Waals surface area contributed by atoms with Crippen molar-refractivity contribution in [1.29, 1.82) is 0 Å². The number of halogens is 1. The van der Waals surface area contributed by atoms with Crippen molar-refractivity contribution in [3.63, 3.8) is 0 Å². The fourth-order valence-corrected chi connectivity index (χ4v) is 2.52. The molecular formula is C15H20FNO2. The first kappa shape index (κ1) is 14.0. The highest BCUT2D eigenvalue weighted by Crippen LogP contribution is 2.24. The fourth-order valence-electron chi connectivity index (χ4n) is 2.52. The van der Waals surface area contributed by atoms with Gasteiger partial charge in [0.05, 0.1) is 6.10 Å². The van der Waals surface area contributed by atoms with Gasteiger partial charge in [0.15, 0.2) is 0 Å². The number of rotatable bonds is 5. The number of carbonyl (C=O) groups is 1. The second-order valence-electron chi connectivity index (χ2n) is 5.13. The number of aliphatic hydroxyl groups is 1. The van der Waals surface area contributed by atoms with Crippen LogP contribution in [0.1, 0.15) is 43.8 Å². The van der Waals surface area contributed by atoms with Gasteiger partial charge in [0.25, 0.3) is 0 Å². The highest BCUT2D eigenvalue weighted by atomic mass is 19.1. The third-order valence-electron chi connectivity index (χ3n) is 3.70. The van der Waals surface area contributed by atoms with E-state index in [-0.39, 0.29) is 17.6 Å². The summed E-state index contributed by atoms with van der Waals surface area (Å²) in [5.41, 5.74) is 0.677. The summed E-state index contributed by atoms with van der Waals surface area (Å²) in [6.45, 7) is 0.452. The lowest BCUT2D eigenvalue weighted by molar-refractivity contribution is -0.124. The molecule has 0 aromatic heterocycles. The van der Waals surface area contributed by atoms with Crippen molar-refractivity contribution in [2.75, 3.05) is 6.54 Å². The molecule has 1 aliphatic carbocycles. The van der Waals surface area contributed by atoms with E-state index in [0.717, 1.165) is 25.7 Å². The minimum atomic E-state index is -0.663. The highest BCUT2D eigenvalue weighted by Gasteiger charge is 2.22. The Balaban J connectivity index is 1.72. The van der Waals surface area contributed by atoms with Crippen LogP contribution in [-0.4, -0.2) is 17.6 Å². The second kappa shape index (κ2) is 6.66. The first-order valence-electron chi connectivity index (χ1n) is 6.88. The zero-order valence-electron chi connectivity index (χ0n) is 10.9. The van der Waals surface area contributed by atoms with E-state index in [2.05, 4.69) is 5.32 Å². The van der Waals surface area contributed by atoms with Gasteiger partial charge in [0, 0.05) is 12.5 Å². The average molecular weight is 265 g/mol. The SMILES string of the molecule is O=C(NCCC(O)c1ccc(F)cc1)C1CCCC1. The van der Waals surface area contributed by atoms with Crippen LogP contribution in [0.5, 0.6) is 0 Å². The molecule has 0 spiro atoms. The molecule has 1 amide bonds. The van der Waals surface area contributed by atoms with Crippen LogP contribution in [0, 0.1) is 11.7 Å². The number of hydrogen-bond acceptors (Lipinski definition) is 2. The van der Waals surface area contributed by atoms with E-state index >= 15 is 0 Å². The van der Waals surface area contributed by atoms with Gasteiger partial charge in [-0.2, -0.15) is 0 Å². The second-order valence-corrected chi connectivity index (χ2v) is 5.13. The first-order valence-corrected chi connectivity index (χ1v) is 6.88. The summed E-state index contributed by atoms with van der Waals surface area (Å²) < 4.78 is 12.7. The maximum Gasteiger partial charge on any atom is 0.223 e. The Kier molecular flexibility index (Phi) is 4.91. The minimum absolute atomic E-state index is 0.101. The maximum atomic E-state index is 12.7. The van der Waals surface area contributed by atoms with E-state index in [0.29, 0.717) is 18.5 Å². The Hall–Kier alpha value is -1.42. The van der Waals surface area contributed by atoms with Gasteiger partial charge in [-0.25, -0.2) is 4.39 Å².